The van der Waals surface area contributed by atoms with Crippen molar-refractivity contribution in [2.75, 3.05) is 44.0 Å². The van der Waals surface area contributed by atoms with Gasteiger partial charge >= 0.3 is 0 Å². The first kappa shape index (κ1) is 26.3. The number of likely N-dealkylation sites (tertiary alicyclic amines) is 1. The van der Waals surface area contributed by atoms with Crippen LogP contribution in [0.4, 0.5) is 21.7 Å². The van der Waals surface area contributed by atoms with E-state index in [2.05, 4.69) is 35.7 Å². The lowest BCUT2D eigenvalue weighted by molar-refractivity contribution is -0.115. The molecule has 1 aliphatic rings. The number of methoxy groups -OCH3 is 1. The predicted molar refractivity (Wildman–Crippen MR) is 144 cm³/mol. The number of benzene rings is 2. The summed E-state index contributed by atoms with van der Waals surface area (Å²) in [6, 6.07) is 11.0. The number of aromatic nitrogens is 4. The van der Waals surface area contributed by atoms with Gasteiger partial charge in [-0.2, -0.15) is 5.10 Å². The van der Waals surface area contributed by atoms with Crippen molar-refractivity contribution < 1.29 is 23.8 Å². The molecule has 0 radical (unpaired) electrons. The quantitative estimate of drug-likeness (QED) is 0.213. The molecular weight excluding hydrogens is 505 g/mol. The van der Waals surface area contributed by atoms with Crippen LogP contribution in [-0.4, -0.2) is 75.5 Å². The summed E-state index contributed by atoms with van der Waals surface area (Å²) in [6.07, 6.45) is 2.89. The molecule has 1 atom stereocenters. The summed E-state index contributed by atoms with van der Waals surface area (Å²) < 4.78 is 24.9. The summed E-state index contributed by atoms with van der Waals surface area (Å²) in [7, 11) is 1.57. The van der Waals surface area contributed by atoms with Gasteiger partial charge in [0.15, 0.2) is 17.3 Å². The third-order valence-corrected chi connectivity index (χ3v) is 6.38. The number of aromatic amines is 1. The first-order valence-corrected chi connectivity index (χ1v) is 12.7. The zero-order valence-electron chi connectivity index (χ0n) is 21.5. The smallest absolute Gasteiger partial charge is 0.230 e. The average Bonchev–Trinajstić information content (AvgIpc) is 3.54. The van der Waals surface area contributed by atoms with Gasteiger partial charge in [-0.15, -0.1) is 0 Å². The van der Waals surface area contributed by atoms with E-state index in [9.17, 15) is 14.3 Å². The summed E-state index contributed by atoms with van der Waals surface area (Å²) in [6.45, 7) is 2.99. The molecule has 0 bridgehead atoms. The molecule has 3 heterocycles. The van der Waals surface area contributed by atoms with Crippen LogP contribution in [0.2, 0.25) is 0 Å². The number of nitrogens with zero attached hydrogens (tertiary/aromatic N) is 4. The van der Waals surface area contributed by atoms with Crippen molar-refractivity contribution in [1.82, 2.24) is 25.1 Å². The molecular formula is C27H30FN7O4. The van der Waals surface area contributed by atoms with Crippen molar-refractivity contribution in [3.63, 3.8) is 0 Å². The fourth-order valence-corrected chi connectivity index (χ4v) is 4.50. The molecule has 11 nitrogen and oxygen atoms in total. The van der Waals surface area contributed by atoms with Crippen molar-refractivity contribution in [1.29, 1.82) is 0 Å². The standard InChI is InChI=1S/C27H30FN7O4/c1-38-23-13-21-22(14-24(23)39-9-3-7-35-8-6-20(36)15-35)29-16-30-27(21)32-25-11-19(33-34-25)12-26(37)31-18-5-2-4-17(28)10-18/h2,4-5,10-11,13-14,16,20,36H,3,6-9,12,15H2,1H3,(H,31,37)(H2,29,30,32,33,34). The van der Waals surface area contributed by atoms with Crippen LogP contribution in [-0.2, 0) is 11.2 Å². The number of aliphatic hydroxyl groups excluding tert-OH is 1. The van der Waals surface area contributed by atoms with Crippen LogP contribution in [0.25, 0.3) is 10.9 Å². The molecule has 0 saturated carbocycles. The van der Waals surface area contributed by atoms with Crippen LogP contribution >= 0.6 is 0 Å². The largest absolute Gasteiger partial charge is 0.493 e. The summed E-state index contributed by atoms with van der Waals surface area (Å²) in [5.41, 5.74) is 1.62. The second-order valence-corrected chi connectivity index (χ2v) is 9.33. The van der Waals surface area contributed by atoms with Gasteiger partial charge < -0.3 is 30.1 Å². The Kier molecular flexibility index (Phi) is 8.13. The molecule has 1 fully saturated rings. The highest BCUT2D eigenvalue weighted by Crippen LogP contribution is 2.34. The number of rotatable bonds is 11. The molecule has 1 amide bonds. The van der Waals surface area contributed by atoms with Gasteiger partial charge in [0.1, 0.15) is 18.0 Å². The summed E-state index contributed by atoms with van der Waals surface area (Å²) in [4.78, 5) is 23.3. The average molecular weight is 536 g/mol. The minimum Gasteiger partial charge on any atom is -0.493 e. The van der Waals surface area contributed by atoms with Crippen LogP contribution in [0.3, 0.4) is 0 Å². The number of anilines is 3. The first-order chi connectivity index (χ1) is 19.0. The Morgan fingerprint density at radius 2 is 2.13 bits per heavy atom. The third kappa shape index (κ3) is 6.78. The van der Waals surface area contributed by atoms with E-state index in [0.717, 1.165) is 25.9 Å². The van der Waals surface area contributed by atoms with E-state index in [-0.39, 0.29) is 18.4 Å². The SMILES string of the molecule is COc1cc2c(Nc3cc(CC(=O)Nc4cccc(F)c4)[nH]n3)ncnc2cc1OCCCN1CCC(O)C1. The van der Waals surface area contributed by atoms with Gasteiger partial charge in [0.2, 0.25) is 5.91 Å². The van der Waals surface area contributed by atoms with E-state index in [0.29, 0.717) is 58.6 Å². The van der Waals surface area contributed by atoms with Gasteiger partial charge in [0, 0.05) is 48.5 Å². The Hall–Kier alpha value is -4.29. The van der Waals surface area contributed by atoms with Crippen molar-refractivity contribution in [2.45, 2.75) is 25.4 Å². The van der Waals surface area contributed by atoms with E-state index in [1.54, 1.807) is 19.2 Å². The highest BCUT2D eigenvalue weighted by Gasteiger charge is 2.19. The number of carbonyl (C=O) groups excluding carboxylic acids is 1. The molecule has 204 valence electrons. The minimum absolute atomic E-state index is 0.0303. The zero-order valence-corrected chi connectivity index (χ0v) is 21.5. The Balaban J connectivity index is 1.22. The van der Waals surface area contributed by atoms with Gasteiger partial charge in [-0.1, -0.05) is 6.07 Å². The fraction of sp³-hybridized carbons (Fsp3) is 0.333. The maximum Gasteiger partial charge on any atom is 0.230 e. The maximum absolute atomic E-state index is 13.4. The number of ether oxygens (including phenoxy) is 2. The minimum atomic E-state index is -0.424. The first-order valence-electron chi connectivity index (χ1n) is 12.7. The van der Waals surface area contributed by atoms with E-state index in [1.807, 2.05) is 12.1 Å². The van der Waals surface area contributed by atoms with Crippen molar-refractivity contribution in [2.24, 2.45) is 0 Å². The summed E-state index contributed by atoms with van der Waals surface area (Å²) in [5, 5.41) is 23.3. The normalized spacial score (nSPS) is 15.4. The van der Waals surface area contributed by atoms with Crippen LogP contribution < -0.4 is 20.1 Å². The Bertz CT molecular complexity index is 1450. The number of carbonyl (C=O) groups is 1. The number of nitrogens with one attached hydrogen (secondary N) is 3. The van der Waals surface area contributed by atoms with E-state index >= 15 is 0 Å². The van der Waals surface area contributed by atoms with Crippen LogP contribution in [0, 0.1) is 5.82 Å². The molecule has 0 spiro atoms. The van der Waals surface area contributed by atoms with Gasteiger partial charge in [-0.05, 0) is 37.1 Å². The molecule has 5 rings (SSSR count). The van der Waals surface area contributed by atoms with E-state index < -0.39 is 5.82 Å². The Morgan fingerprint density at radius 3 is 2.92 bits per heavy atom. The number of hydrogen-bond acceptors (Lipinski definition) is 9. The van der Waals surface area contributed by atoms with Gasteiger partial charge in [-0.25, -0.2) is 14.4 Å². The maximum atomic E-state index is 13.4. The van der Waals surface area contributed by atoms with E-state index in [1.165, 1.54) is 24.5 Å². The molecule has 4 aromatic rings. The molecule has 2 aromatic heterocycles. The number of H-pyrrole nitrogens is 1. The fourth-order valence-electron chi connectivity index (χ4n) is 4.50. The molecule has 0 aliphatic carbocycles. The molecule has 1 aliphatic heterocycles. The van der Waals surface area contributed by atoms with E-state index in [4.69, 9.17) is 9.47 Å². The lowest BCUT2D eigenvalue weighted by atomic mass is 10.2. The molecule has 2 aromatic carbocycles. The van der Waals surface area contributed by atoms with Gasteiger partial charge in [0.25, 0.3) is 0 Å². The molecule has 4 N–H and O–H groups in total. The number of hydrogen-bond donors (Lipinski definition) is 4. The Morgan fingerprint density at radius 1 is 1.23 bits per heavy atom. The molecule has 39 heavy (non-hydrogen) atoms. The lowest BCUT2D eigenvalue weighted by Crippen LogP contribution is -2.24. The van der Waals surface area contributed by atoms with Gasteiger partial charge in [0.05, 0.1) is 31.8 Å². The summed E-state index contributed by atoms with van der Waals surface area (Å²) >= 11 is 0. The van der Waals surface area contributed by atoms with Crippen LogP contribution in [0.5, 0.6) is 11.5 Å². The summed E-state index contributed by atoms with van der Waals surface area (Å²) in [5.74, 6) is 1.39. The van der Waals surface area contributed by atoms with Gasteiger partial charge in [-0.3, -0.25) is 9.89 Å². The van der Waals surface area contributed by atoms with Crippen LogP contribution in [0.15, 0.2) is 48.8 Å². The third-order valence-electron chi connectivity index (χ3n) is 6.38. The second-order valence-electron chi connectivity index (χ2n) is 9.33. The predicted octanol–water partition coefficient (Wildman–Crippen LogP) is 3.26. The highest BCUT2D eigenvalue weighted by atomic mass is 19.1. The van der Waals surface area contributed by atoms with Crippen LogP contribution in [0.1, 0.15) is 18.5 Å². The monoisotopic (exact) mass is 535 g/mol. The lowest BCUT2D eigenvalue weighted by Gasteiger charge is -2.16. The van der Waals surface area contributed by atoms with Crippen molar-refractivity contribution in [3.8, 4) is 11.5 Å². The molecule has 1 saturated heterocycles. The second kappa shape index (κ2) is 12.0. The topological polar surface area (TPSA) is 138 Å². The number of halogens is 1. The molecule has 12 heteroatoms. The number of fused-ring (bicyclic) bond motifs is 1. The van der Waals surface area contributed by atoms with Crippen molar-refractivity contribution in [3.05, 3.63) is 60.3 Å². The number of aliphatic hydroxyl groups is 1. The zero-order chi connectivity index (χ0) is 27.2. The molecule has 1 unspecified atom stereocenters. The Labute approximate surface area is 224 Å². The number of β-amino-alcohol motifs (C(OH)–C–C–N with tert-alkyl or cyclic N) is 1. The van der Waals surface area contributed by atoms with Crippen molar-refractivity contribution >= 4 is 34.1 Å². The highest BCUT2D eigenvalue weighted by molar-refractivity contribution is 5.93. The number of amides is 1.